The molecule has 0 aliphatic carbocycles. The van der Waals surface area contributed by atoms with Gasteiger partial charge in [-0.2, -0.15) is 13.2 Å². The molecule has 0 heterocycles. The van der Waals surface area contributed by atoms with Gasteiger partial charge in [0.05, 0.1) is 34.7 Å². The van der Waals surface area contributed by atoms with Gasteiger partial charge in [0.25, 0.3) is 5.91 Å². The van der Waals surface area contributed by atoms with E-state index >= 15 is 0 Å². The van der Waals surface area contributed by atoms with Crippen molar-refractivity contribution in [1.82, 2.24) is 0 Å². The van der Waals surface area contributed by atoms with Crippen molar-refractivity contribution in [3.63, 3.8) is 0 Å². The number of carbonyl (C=O) groups is 2. The van der Waals surface area contributed by atoms with Gasteiger partial charge >= 0.3 is 12.1 Å². The topological polar surface area (TPSA) is 79.2 Å². The van der Waals surface area contributed by atoms with Crippen LogP contribution in [0.25, 0.3) is 0 Å². The molecule has 0 aliphatic rings. The fourth-order valence-electron chi connectivity index (χ4n) is 2.82. The fraction of sp³-hybridized carbons (Fsp3) is 0.125. The number of esters is 1. The van der Waals surface area contributed by atoms with Crippen LogP contribution >= 0.6 is 27.5 Å². The maximum atomic E-state index is 14.1. The second-order valence-corrected chi connectivity index (χ2v) is 8.18. The van der Waals surface area contributed by atoms with Gasteiger partial charge in [-0.3, -0.25) is 15.0 Å². The molecule has 5 nitrogen and oxygen atoms in total. The quantitative estimate of drug-likeness (QED) is 0.198. The van der Waals surface area contributed by atoms with Crippen LogP contribution in [0.2, 0.25) is 5.02 Å². The number of halogens is 6. The van der Waals surface area contributed by atoms with Crippen LogP contribution in [0.1, 0.15) is 34.0 Å². The number of anilines is 1. The average molecular weight is 574 g/mol. The van der Waals surface area contributed by atoms with E-state index in [0.717, 1.165) is 12.1 Å². The molecule has 0 fully saturated rings. The molecule has 11 heteroatoms. The van der Waals surface area contributed by atoms with Crippen molar-refractivity contribution in [2.75, 3.05) is 12.4 Å². The van der Waals surface area contributed by atoms with Crippen LogP contribution in [0.4, 0.5) is 23.2 Å². The van der Waals surface area contributed by atoms with Crippen molar-refractivity contribution in [3.05, 3.63) is 98.2 Å². The van der Waals surface area contributed by atoms with E-state index in [9.17, 15) is 27.2 Å². The highest BCUT2D eigenvalue weighted by Crippen LogP contribution is 2.36. The Kier molecular flexibility index (Phi) is 9.55. The summed E-state index contributed by atoms with van der Waals surface area (Å²) in [6, 6.07) is 13.0. The van der Waals surface area contributed by atoms with Gasteiger partial charge in [-0.25, -0.2) is 4.39 Å². The largest absolute Gasteiger partial charge is 0.469 e. The highest BCUT2D eigenvalue weighted by Gasteiger charge is 2.36. The predicted octanol–water partition coefficient (Wildman–Crippen LogP) is 7.11. The molecule has 35 heavy (non-hydrogen) atoms. The maximum Gasteiger partial charge on any atom is 0.417 e. The molecule has 1 amide bonds. The van der Waals surface area contributed by atoms with Crippen molar-refractivity contribution in [1.29, 1.82) is 5.41 Å². The predicted molar refractivity (Wildman–Crippen MR) is 129 cm³/mol. The summed E-state index contributed by atoms with van der Waals surface area (Å²) < 4.78 is 58.8. The fourth-order valence-corrected chi connectivity index (χ4v) is 3.44. The second kappa shape index (κ2) is 11.9. The highest BCUT2D eigenvalue weighted by atomic mass is 79.9. The van der Waals surface area contributed by atoms with E-state index < -0.39 is 29.0 Å². The number of rotatable bonds is 4. The monoisotopic (exact) mass is 572 g/mol. The van der Waals surface area contributed by atoms with Gasteiger partial charge in [0.2, 0.25) is 0 Å². The lowest BCUT2D eigenvalue weighted by molar-refractivity contribution is -0.138. The van der Waals surface area contributed by atoms with Crippen molar-refractivity contribution in [2.24, 2.45) is 0 Å². The molecule has 3 rings (SSSR count). The smallest absolute Gasteiger partial charge is 0.417 e. The first-order valence-corrected chi connectivity index (χ1v) is 10.9. The van der Waals surface area contributed by atoms with Crippen LogP contribution in [-0.4, -0.2) is 24.7 Å². The lowest BCUT2D eigenvalue weighted by Crippen LogP contribution is -2.21. The van der Waals surface area contributed by atoms with Crippen LogP contribution in [0.3, 0.4) is 0 Å². The third kappa shape index (κ3) is 7.37. The highest BCUT2D eigenvalue weighted by molar-refractivity contribution is 9.10. The second-order valence-electron chi connectivity index (χ2n) is 6.85. The van der Waals surface area contributed by atoms with E-state index in [0.29, 0.717) is 4.47 Å². The van der Waals surface area contributed by atoms with E-state index in [1.165, 1.54) is 50.4 Å². The minimum absolute atomic E-state index is 0.0238. The summed E-state index contributed by atoms with van der Waals surface area (Å²) >= 11 is 9.11. The van der Waals surface area contributed by atoms with Crippen LogP contribution in [0, 0.1) is 11.2 Å². The number of nitrogens with one attached hydrogen (secondary N) is 2. The lowest BCUT2D eigenvalue weighted by Gasteiger charge is -2.17. The number of methoxy groups -OCH3 is 1. The SMILES string of the molecule is COC(C)=O.N=C(c1ccccc1F)c1ccc(Br)cc1NC(=O)c1c(Cl)cccc1C(F)(F)F. The summed E-state index contributed by atoms with van der Waals surface area (Å²) in [6.07, 6.45) is -4.79. The van der Waals surface area contributed by atoms with Gasteiger partial charge in [-0.15, -0.1) is 0 Å². The first-order valence-electron chi connectivity index (χ1n) is 9.71. The number of hydrogen-bond donors (Lipinski definition) is 2. The number of benzene rings is 3. The molecule has 3 aromatic rings. The average Bonchev–Trinajstić information content (AvgIpc) is 2.78. The Morgan fingerprint density at radius 1 is 1.03 bits per heavy atom. The van der Waals surface area contributed by atoms with Crippen molar-refractivity contribution >= 4 is 50.8 Å². The summed E-state index contributed by atoms with van der Waals surface area (Å²) in [4.78, 5) is 22.3. The molecular formula is C24H18BrClF4N2O3. The van der Waals surface area contributed by atoms with Crippen molar-refractivity contribution < 1.29 is 31.9 Å². The number of amides is 1. The molecule has 0 bridgehead atoms. The summed E-state index contributed by atoms with van der Waals surface area (Å²) in [6.45, 7) is 1.36. The molecule has 0 spiro atoms. The first kappa shape index (κ1) is 28.0. The lowest BCUT2D eigenvalue weighted by atomic mass is 9.99. The molecule has 0 aromatic heterocycles. The molecule has 0 atom stereocenters. The van der Waals surface area contributed by atoms with E-state index in [1.54, 1.807) is 12.1 Å². The van der Waals surface area contributed by atoms with Gasteiger partial charge in [-0.05, 0) is 42.5 Å². The third-order valence-corrected chi connectivity index (χ3v) is 5.28. The minimum Gasteiger partial charge on any atom is -0.469 e. The van der Waals surface area contributed by atoms with E-state index in [4.69, 9.17) is 17.0 Å². The molecule has 184 valence electrons. The van der Waals surface area contributed by atoms with Gasteiger partial charge < -0.3 is 10.1 Å². The number of alkyl halides is 3. The molecule has 0 saturated heterocycles. The molecule has 0 aliphatic heterocycles. The van der Waals surface area contributed by atoms with Crippen LogP contribution < -0.4 is 5.32 Å². The summed E-state index contributed by atoms with van der Waals surface area (Å²) in [7, 11) is 1.35. The molecule has 0 unspecified atom stereocenters. The van der Waals surface area contributed by atoms with Crippen molar-refractivity contribution in [3.8, 4) is 0 Å². The molecule has 3 aromatic carbocycles. The van der Waals surface area contributed by atoms with Crippen molar-refractivity contribution in [2.45, 2.75) is 13.1 Å². The molecule has 0 radical (unpaired) electrons. The molecule has 2 N–H and O–H groups in total. The molecular weight excluding hydrogens is 556 g/mol. The Bertz CT molecular complexity index is 1270. The zero-order valence-electron chi connectivity index (χ0n) is 18.3. The standard InChI is InChI=1S/C21H12BrClF4N2O.C3H6O2/c22-11-8-9-13(19(28)12-4-1-2-7-16(12)24)17(10-11)29-20(30)18-14(21(25,26)27)5-3-6-15(18)23;1-3(4)5-2/h1-10,28H,(H,29,30);1-2H3. The van der Waals surface area contributed by atoms with E-state index in [2.05, 4.69) is 26.0 Å². The summed E-state index contributed by atoms with van der Waals surface area (Å²) in [5, 5.41) is 10.3. The number of carbonyl (C=O) groups excluding carboxylic acids is 2. The number of ether oxygens (including phenoxy) is 1. The number of hydrogen-bond acceptors (Lipinski definition) is 4. The van der Waals surface area contributed by atoms with Gasteiger partial charge in [0.1, 0.15) is 5.82 Å². The Morgan fingerprint density at radius 3 is 2.23 bits per heavy atom. The summed E-state index contributed by atoms with van der Waals surface area (Å²) in [5.74, 6) is -1.99. The Labute approximate surface area is 211 Å². The van der Waals surface area contributed by atoms with Gasteiger partial charge in [0, 0.05) is 22.5 Å². The minimum atomic E-state index is -4.79. The normalized spacial score (nSPS) is 10.6. The van der Waals surface area contributed by atoms with Crippen LogP contribution in [-0.2, 0) is 15.7 Å². The zero-order valence-corrected chi connectivity index (χ0v) is 20.6. The van der Waals surface area contributed by atoms with Gasteiger partial charge in [-0.1, -0.05) is 45.7 Å². The Morgan fingerprint density at radius 2 is 1.66 bits per heavy atom. The first-order chi connectivity index (χ1) is 16.4. The Balaban J connectivity index is 0.000000784. The van der Waals surface area contributed by atoms with E-state index in [-0.39, 0.29) is 33.5 Å². The Hall–Kier alpha value is -3.24. The zero-order chi connectivity index (χ0) is 26.3. The molecule has 0 saturated carbocycles. The van der Waals surface area contributed by atoms with Gasteiger partial charge in [0.15, 0.2) is 0 Å². The van der Waals surface area contributed by atoms with Crippen LogP contribution in [0.5, 0.6) is 0 Å². The summed E-state index contributed by atoms with van der Waals surface area (Å²) in [5.41, 5.74) is -2.05. The maximum absolute atomic E-state index is 14.1. The van der Waals surface area contributed by atoms with E-state index in [1.807, 2.05) is 0 Å². The third-order valence-electron chi connectivity index (χ3n) is 4.48. The van der Waals surface area contributed by atoms with Crippen LogP contribution in [0.15, 0.2) is 65.1 Å².